The van der Waals surface area contributed by atoms with Gasteiger partial charge in [0.25, 0.3) is 0 Å². The van der Waals surface area contributed by atoms with Crippen molar-refractivity contribution in [3.05, 3.63) is 138 Å². The minimum atomic E-state index is 0.920. The first-order chi connectivity index (χ1) is 17.5. The fraction of sp³-hybridized carbons (Fsp3) is 0.111. The molecule has 0 nitrogen and oxygen atoms in total. The minimum Gasteiger partial charge on any atom is -0.0991 e. The topological polar surface area (TPSA) is 0 Å². The Bertz CT molecular complexity index is 1690. The quantitative estimate of drug-likeness (QED) is 0.219. The second-order valence-corrected chi connectivity index (χ2v) is 9.48. The fourth-order valence-corrected chi connectivity index (χ4v) is 5.42. The molecule has 176 valence electrons. The lowest BCUT2D eigenvalue weighted by molar-refractivity contribution is 1.23. The van der Waals surface area contributed by atoms with Gasteiger partial charge in [0.1, 0.15) is 0 Å². The molecule has 0 atom stereocenters. The van der Waals surface area contributed by atoms with Gasteiger partial charge in [-0.15, -0.1) is 0 Å². The number of hydrogen-bond donors (Lipinski definition) is 0. The summed E-state index contributed by atoms with van der Waals surface area (Å²) in [6.45, 7) is 14.8. The van der Waals surface area contributed by atoms with Crippen LogP contribution in [0.2, 0.25) is 0 Å². The molecule has 0 aliphatic carbocycles. The van der Waals surface area contributed by atoms with Gasteiger partial charge < -0.3 is 0 Å². The third-order valence-electron chi connectivity index (χ3n) is 7.25. The van der Waals surface area contributed by atoms with Gasteiger partial charge in [0.15, 0.2) is 0 Å². The molecule has 0 amide bonds. The molecule has 0 heterocycles. The summed E-state index contributed by atoms with van der Waals surface area (Å²) in [6, 6.07) is 31.2. The second kappa shape index (κ2) is 9.84. The molecule has 0 N–H and O–H groups in total. The number of rotatable bonds is 6. The van der Waals surface area contributed by atoms with Crippen LogP contribution in [0.1, 0.15) is 24.5 Å². The molecule has 0 spiro atoms. The number of allylic oxidation sites excluding steroid dienone is 4. The van der Waals surface area contributed by atoms with Gasteiger partial charge in [-0.25, -0.2) is 0 Å². The predicted octanol–water partition coefficient (Wildman–Crippen LogP) is 9.52. The molecule has 0 aliphatic rings. The van der Waals surface area contributed by atoms with Crippen molar-refractivity contribution in [2.24, 2.45) is 0 Å². The Hall–Kier alpha value is -4.16. The maximum Gasteiger partial charge on any atom is -0.00238 e. The standard InChI is InChI=1S/C36H32/c1-6-8-12-24(3)30(7-2)32-22-19-28-18-21-31(33-20-16-26(5)35(32)36(28)33)29-17-15-25(4)34(23-29)27-13-10-9-11-14-27/h6,8-23H,1,3,7H2,2,4-5H3/b12-8-,32-30+. The second-order valence-electron chi connectivity index (χ2n) is 9.48. The van der Waals surface area contributed by atoms with Gasteiger partial charge in [0.05, 0.1) is 0 Å². The zero-order valence-electron chi connectivity index (χ0n) is 21.4. The van der Waals surface area contributed by atoms with E-state index in [1.54, 1.807) is 6.08 Å². The number of benzene rings is 5. The van der Waals surface area contributed by atoms with Crippen molar-refractivity contribution in [2.45, 2.75) is 27.2 Å². The highest BCUT2D eigenvalue weighted by Crippen LogP contribution is 2.37. The largest absolute Gasteiger partial charge is 0.0991 e. The zero-order valence-corrected chi connectivity index (χ0v) is 21.4. The summed E-state index contributed by atoms with van der Waals surface area (Å²) in [4.78, 5) is 0. The van der Waals surface area contributed by atoms with Crippen LogP contribution >= 0.6 is 0 Å². The van der Waals surface area contributed by atoms with Crippen molar-refractivity contribution >= 4 is 27.1 Å². The normalized spacial score (nSPS) is 12.4. The highest BCUT2D eigenvalue weighted by Gasteiger charge is 2.14. The Morgan fingerprint density at radius 2 is 1.50 bits per heavy atom. The van der Waals surface area contributed by atoms with Gasteiger partial charge in [-0.3, -0.25) is 0 Å². The van der Waals surface area contributed by atoms with Crippen LogP contribution in [0.4, 0.5) is 0 Å². The van der Waals surface area contributed by atoms with Crippen molar-refractivity contribution < 1.29 is 0 Å². The molecular formula is C36H32. The maximum absolute atomic E-state index is 4.37. The van der Waals surface area contributed by atoms with Crippen LogP contribution in [0.3, 0.4) is 0 Å². The summed E-state index contributed by atoms with van der Waals surface area (Å²) < 4.78 is 0. The lowest BCUT2D eigenvalue weighted by Crippen LogP contribution is -2.10. The van der Waals surface area contributed by atoms with Gasteiger partial charge in [0, 0.05) is 0 Å². The van der Waals surface area contributed by atoms with Gasteiger partial charge in [0.2, 0.25) is 0 Å². The van der Waals surface area contributed by atoms with Gasteiger partial charge in [-0.2, -0.15) is 0 Å². The predicted molar refractivity (Wildman–Crippen MR) is 159 cm³/mol. The van der Waals surface area contributed by atoms with Crippen LogP contribution in [-0.4, -0.2) is 0 Å². The average molecular weight is 465 g/mol. The van der Waals surface area contributed by atoms with E-state index in [-0.39, 0.29) is 0 Å². The molecule has 0 aliphatic heterocycles. The molecular weight excluding hydrogens is 432 g/mol. The van der Waals surface area contributed by atoms with Crippen LogP contribution in [0.25, 0.3) is 49.4 Å². The molecule has 5 aromatic carbocycles. The van der Waals surface area contributed by atoms with E-state index in [0.717, 1.165) is 12.0 Å². The number of aryl methyl sites for hydroxylation is 2. The Balaban J connectivity index is 1.82. The van der Waals surface area contributed by atoms with Crippen molar-refractivity contribution in [1.29, 1.82) is 0 Å². The van der Waals surface area contributed by atoms with E-state index >= 15 is 0 Å². The molecule has 0 bridgehead atoms. The fourth-order valence-electron chi connectivity index (χ4n) is 5.42. The molecule has 0 radical (unpaired) electrons. The summed E-state index contributed by atoms with van der Waals surface area (Å²) in [7, 11) is 0. The zero-order chi connectivity index (χ0) is 25.2. The molecule has 0 aromatic heterocycles. The lowest BCUT2D eigenvalue weighted by atomic mass is 9.87. The van der Waals surface area contributed by atoms with Gasteiger partial charge in [-0.1, -0.05) is 117 Å². The van der Waals surface area contributed by atoms with Crippen molar-refractivity contribution in [3.8, 4) is 22.3 Å². The Morgan fingerprint density at radius 1 is 0.750 bits per heavy atom. The Labute approximate surface area is 214 Å². The first kappa shape index (κ1) is 23.6. The summed E-state index contributed by atoms with van der Waals surface area (Å²) in [5.74, 6) is 0. The molecule has 0 unspecified atom stereocenters. The first-order valence-electron chi connectivity index (χ1n) is 12.7. The molecule has 5 rings (SSSR count). The molecule has 0 heteroatoms. The van der Waals surface area contributed by atoms with E-state index in [2.05, 4.69) is 125 Å². The Kier molecular flexibility index (Phi) is 6.44. The van der Waals surface area contributed by atoms with E-state index in [9.17, 15) is 0 Å². The minimum absolute atomic E-state index is 0.920. The Morgan fingerprint density at radius 3 is 2.25 bits per heavy atom. The third kappa shape index (κ3) is 4.10. The first-order valence-corrected chi connectivity index (χ1v) is 12.7. The van der Waals surface area contributed by atoms with Crippen LogP contribution in [0.15, 0.2) is 122 Å². The van der Waals surface area contributed by atoms with Crippen LogP contribution in [0, 0.1) is 13.8 Å². The monoisotopic (exact) mass is 464 g/mol. The van der Waals surface area contributed by atoms with Crippen molar-refractivity contribution in [3.63, 3.8) is 0 Å². The van der Waals surface area contributed by atoms with Gasteiger partial charge >= 0.3 is 0 Å². The highest BCUT2D eigenvalue weighted by atomic mass is 14.2. The average Bonchev–Trinajstić information content (AvgIpc) is 2.91. The van der Waals surface area contributed by atoms with Gasteiger partial charge in [-0.05, 0) is 97.6 Å². The van der Waals surface area contributed by atoms with Crippen LogP contribution in [0.5, 0.6) is 0 Å². The molecule has 0 fully saturated rings. The smallest absolute Gasteiger partial charge is 0.00238 e. The van der Waals surface area contributed by atoms with E-state index in [0.29, 0.717) is 0 Å². The lowest BCUT2D eigenvalue weighted by Gasteiger charge is -2.16. The van der Waals surface area contributed by atoms with E-state index in [1.807, 2.05) is 6.08 Å². The molecule has 0 saturated heterocycles. The summed E-state index contributed by atoms with van der Waals surface area (Å²) >= 11 is 0. The van der Waals surface area contributed by atoms with Crippen LogP contribution < -0.4 is 5.22 Å². The van der Waals surface area contributed by atoms with E-state index in [4.69, 9.17) is 0 Å². The van der Waals surface area contributed by atoms with Crippen molar-refractivity contribution in [1.82, 2.24) is 0 Å². The van der Waals surface area contributed by atoms with Crippen molar-refractivity contribution in [2.75, 3.05) is 0 Å². The van der Waals surface area contributed by atoms with Crippen LogP contribution in [-0.2, 0) is 0 Å². The highest BCUT2D eigenvalue weighted by molar-refractivity contribution is 6.16. The summed E-state index contributed by atoms with van der Waals surface area (Å²) in [5.41, 5.74) is 9.94. The third-order valence-corrected chi connectivity index (χ3v) is 7.25. The molecule has 5 aromatic rings. The van der Waals surface area contributed by atoms with E-state index in [1.165, 1.54) is 65.7 Å². The molecule has 36 heavy (non-hydrogen) atoms. The van der Waals surface area contributed by atoms with E-state index < -0.39 is 0 Å². The summed E-state index contributed by atoms with van der Waals surface area (Å²) in [5, 5.41) is 6.50. The molecule has 0 saturated carbocycles. The number of hydrogen-bond acceptors (Lipinski definition) is 0. The SMILES string of the molecule is C=C/C=C\C(=C)/C(CC)=c1\ccc2ccc(-c3ccc(C)c(-c4ccccc4)c3)c3ccc(C)c1c23. The summed E-state index contributed by atoms with van der Waals surface area (Å²) in [6.07, 6.45) is 6.75. The maximum atomic E-state index is 4.37.